The molecule has 3 N–H and O–H groups in total. The van der Waals surface area contributed by atoms with Gasteiger partial charge in [0.2, 0.25) is 0 Å². The van der Waals surface area contributed by atoms with E-state index in [9.17, 15) is 5.11 Å². The summed E-state index contributed by atoms with van der Waals surface area (Å²) in [6.45, 7) is 11.1. The fourth-order valence-corrected chi connectivity index (χ4v) is 2.24. The van der Waals surface area contributed by atoms with Crippen molar-refractivity contribution in [3.8, 4) is 5.75 Å². The first kappa shape index (κ1) is 18.0. The maximum absolute atomic E-state index is 10.2. The van der Waals surface area contributed by atoms with Crippen molar-refractivity contribution in [2.75, 3.05) is 19.7 Å². The lowest BCUT2D eigenvalue weighted by Gasteiger charge is -2.30. The minimum atomic E-state index is -0.493. The van der Waals surface area contributed by atoms with E-state index < -0.39 is 6.10 Å². The van der Waals surface area contributed by atoms with E-state index in [2.05, 4.69) is 32.6 Å². The fraction of sp³-hybridized carbons (Fsp3) is 0.647. The van der Waals surface area contributed by atoms with Gasteiger partial charge in [0.05, 0.1) is 0 Å². The highest BCUT2D eigenvalue weighted by Gasteiger charge is 2.16. The summed E-state index contributed by atoms with van der Waals surface area (Å²) in [5.41, 5.74) is 6.64. The molecule has 0 spiro atoms. The Hall–Kier alpha value is -1.10. The molecular formula is C17H30N2O2. The third-order valence-electron chi connectivity index (χ3n) is 3.35. The molecule has 0 fully saturated rings. The first-order chi connectivity index (χ1) is 9.92. The molecule has 0 saturated heterocycles. The van der Waals surface area contributed by atoms with Crippen molar-refractivity contribution < 1.29 is 9.84 Å². The van der Waals surface area contributed by atoms with Gasteiger partial charge in [-0.2, -0.15) is 0 Å². The van der Waals surface area contributed by atoms with Crippen molar-refractivity contribution in [2.24, 2.45) is 11.7 Å². The van der Waals surface area contributed by atoms with Gasteiger partial charge in [0, 0.05) is 25.7 Å². The third-order valence-corrected chi connectivity index (χ3v) is 3.35. The van der Waals surface area contributed by atoms with Gasteiger partial charge in [0.15, 0.2) is 0 Å². The molecule has 0 aliphatic rings. The van der Waals surface area contributed by atoms with Crippen molar-refractivity contribution in [1.82, 2.24) is 4.90 Å². The van der Waals surface area contributed by atoms with Crippen LogP contribution < -0.4 is 10.5 Å². The van der Waals surface area contributed by atoms with Gasteiger partial charge in [0.25, 0.3) is 0 Å². The summed E-state index contributed by atoms with van der Waals surface area (Å²) in [7, 11) is 0. The average molecular weight is 294 g/mol. The van der Waals surface area contributed by atoms with Gasteiger partial charge in [-0.3, -0.25) is 4.90 Å². The molecule has 21 heavy (non-hydrogen) atoms. The molecule has 4 nitrogen and oxygen atoms in total. The molecule has 120 valence electrons. The predicted octanol–water partition coefficient (Wildman–Crippen LogP) is 2.25. The first-order valence-corrected chi connectivity index (χ1v) is 7.76. The van der Waals surface area contributed by atoms with E-state index in [1.165, 1.54) is 0 Å². The normalized spacial score (nSPS) is 13.2. The van der Waals surface area contributed by atoms with Gasteiger partial charge < -0.3 is 15.6 Å². The molecule has 0 radical (unpaired) electrons. The van der Waals surface area contributed by atoms with E-state index in [4.69, 9.17) is 10.5 Å². The van der Waals surface area contributed by atoms with Gasteiger partial charge in [-0.1, -0.05) is 26.0 Å². The second-order valence-corrected chi connectivity index (χ2v) is 6.26. The number of aliphatic hydroxyl groups is 1. The Morgan fingerprint density at radius 2 is 1.90 bits per heavy atom. The lowest BCUT2D eigenvalue weighted by atomic mass is 10.1. The summed E-state index contributed by atoms with van der Waals surface area (Å²) in [4.78, 5) is 2.29. The van der Waals surface area contributed by atoms with Crippen molar-refractivity contribution >= 4 is 0 Å². The van der Waals surface area contributed by atoms with E-state index in [0.717, 1.165) is 17.9 Å². The van der Waals surface area contributed by atoms with Crippen LogP contribution >= 0.6 is 0 Å². The number of rotatable bonds is 9. The molecule has 0 heterocycles. The maximum Gasteiger partial charge on any atom is 0.119 e. The number of aliphatic hydroxyl groups excluding tert-OH is 1. The van der Waals surface area contributed by atoms with E-state index in [1.54, 1.807) is 0 Å². The van der Waals surface area contributed by atoms with Crippen molar-refractivity contribution in [1.29, 1.82) is 0 Å². The Morgan fingerprint density at radius 1 is 1.19 bits per heavy atom. The molecule has 1 rings (SSSR count). The molecule has 1 atom stereocenters. The van der Waals surface area contributed by atoms with Crippen molar-refractivity contribution in [3.05, 3.63) is 29.8 Å². The molecule has 0 aliphatic carbocycles. The lowest BCUT2D eigenvalue weighted by Crippen LogP contribution is -2.41. The zero-order valence-electron chi connectivity index (χ0n) is 13.7. The Balaban J connectivity index is 2.46. The highest BCUT2D eigenvalue weighted by molar-refractivity contribution is 5.28. The van der Waals surface area contributed by atoms with Crippen LogP contribution in [0.25, 0.3) is 0 Å². The molecule has 4 heteroatoms. The van der Waals surface area contributed by atoms with Gasteiger partial charge in [-0.25, -0.2) is 0 Å². The number of benzene rings is 1. The molecule has 0 saturated carbocycles. The zero-order chi connectivity index (χ0) is 15.8. The van der Waals surface area contributed by atoms with Crippen LogP contribution in [0.4, 0.5) is 0 Å². The second kappa shape index (κ2) is 9.03. The molecule has 0 aliphatic heterocycles. The highest BCUT2D eigenvalue weighted by atomic mass is 16.5. The number of nitrogens with zero attached hydrogens (tertiary/aromatic N) is 1. The Labute approximate surface area is 128 Å². The van der Waals surface area contributed by atoms with Crippen LogP contribution in [0.3, 0.4) is 0 Å². The predicted molar refractivity (Wildman–Crippen MR) is 87.4 cm³/mol. The highest BCUT2D eigenvalue weighted by Crippen LogP contribution is 2.13. The first-order valence-electron chi connectivity index (χ1n) is 7.76. The quantitative estimate of drug-likeness (QED) is 0.733. The summed E-state index contributed by atoms with van der Waals surface area (Å²) in [5.74, 6) is 1.35. The van der Waals surface area contributed by atoms with Crippen LogP contribution in [-0.4, -0.2) is 41.8 Å². The number of hydrogen-bond donors (Lipinski definition) is 2. The average Bonchev–Trinajstić information content (AvgIpc) is 2.44. The Bertz CT molecular complexity index is 408. The monoisotopic (exact) mass is 294 g/mol. The van der Waals surface area contributed by atoms with Crippen LogP contribution in [0, 0.1) is 5.92 Å². The molecule has 0 amide bonds. The summed E-state index contributed by atoms with van der Waals surface area (Å²) < 4.78 is 5.66. The molecule has 0 aromatic heterocycles. The lowest BCUT2D eigenvalue weighted by molar-refractivity contribution is 0.0528. The van der Waals surface area contributed by atoms with Gasteiger partial charge in [0.1, 0.15) is 18.5 Å². The number of nitrogens with two attached hydrogens (primary N) is 1. The smallest absolute Gasteiger partial charge is 0.119 e. The zero-order valence-corrected chi connectivity index (χ0v) is 13.7. The fourth-order valence-electron chi connectivity index (χ4n) is 2.24. The Morgan fingerprint density at radius 3 is 2.48 bits per heavy atom. The molecule has 1 unspecified atom stereocenters. The van der Waals surface area contributed by atoms with E-state index in [1.807, 2.05) is 24.3 Å². The van der Waals surface area contributed by atoms with Crippen LogP contribution in [0.15, 0.2) is 24.3 Å². The van der Waals surface area contributed by atoms with Gasteiger partial charge >= 0.3 is 0 Å². The van der Waals surface area contributed by atoms with E-state index in [0.29, 0.717) is 31.7 Å². The van der Waals surface area contributed by atoms with Crippen LogP contribution in [0.5, 0.6) is 5.75 Å². The van der Waals surface area contributed by atoms with Crippen LogP contribution in [0.1, 0.15) is 33.3 Å². The molecule has 1 aromatic carbocycles. The Kier molecular flexibility index (Phi) is 7.72. The topological polar surface area (TPSA) is 58.7 Å². The van der Waals surface area contributed by atoms with Crippen LogP contribution in [0.2, 0.25) is 0 Å². The van der Waals surface area contributed by atoms with Crippen molar-refractivity contribution in [3.63, 3.8) is 0 Å². The SMILES string of the molecule is CC(C)CN(CC(O)COc1cccc(CN)c1)C(C)C. The van der Waals surface area contributed by atoms with E-state index in [-0.39, 0.29) is 0 Å². The molecule has 1 aromatic rings. The minimum absolute atomic E-state index is 0.301. The summed E-state index contributed by atoms with van der Waals surface area (Å²) in [6.07, 6.45) is -0.493. The minimum Gasteiger partial charge on any atom is -0.491 e. The number of hydrogen-bond acceptors (Lipinski definition) is 4. The maximum atomic E-state index is 10.2. The summed E-state index contributed by atoms with van der Waals surface area (Å²) >= 11 is 0. The van der Waals surface area contributed by atoms with Crippen molar-refractivity contribution in [2.45, 2.75) is 46.4 Å². The van der Waals surface area contributed by atoms with Crippen LogP contribution in [-0.2, 0) is 6.54 Å². The summed E-state index contributed by atoms with van der Waals surface area (Å²) in [6, 6.07) is 8.11. The third kappa shape index (κ3) is 6.93. The number of ether oxygens (including phenoxy) is 1. The summed E-state index contributed by atoms with van der Waals surface area (Å²) in [5, 5.41) is 10.2. The largest absolute Gasteiger partial charge is 0.491 e. The van der Waals surface area contributed by atoms with Gasteiger partial charge in [-0.15, -0.1) is 0 Å². The second-order valence-electron chi connectivity index (χ2n) is 6.26. The molecular weight excluding hydrogens is 264 g/mol. The standard InChI is InChI=1S/C17H30N2O2/c1-13(2)10-19(14(3)4)11-16(20)12-21-17-7-5-6-15(8-17)9-18/h5-8,13-14,16,20H,9-12,18H2,1-4H3. The van der Waals surface area contributed by atoms with E-state index >= 15 is 0 Å². The molecule has 0 bridgehead atoms. The van der Waals surface area contributed by atoms with Gasteiger partial charge in [-0.05, 0) is 37.5 Å².